The molecular weight excluding hydrogens is 366 g/mol. The van der Waals surface area contributed by atoms with Gasteiger partial charge in [0, 0.05) is 0 Å². The molecule has 0 aromatic heterocycles. The zero-order chi connectivity index (χ0) is 19.6. The average Bonchev–Trinajstić information content (AvgIpc) is 2.98. The van der Waals surface area contributed by atoms with E-state index in [1.54, 1.807) is 37.5 Å². The van der Waals surface area contributed by atoms with Crippen LogP contribution in [-0.2, 0) is 9.59 Å². The molecule has 1 saturated heterocycles. The number of hydrogen-bond donors (Lipinski definition) is 1. The van der Waals surface area contributed by atoms with Crippen molar-refractivity contribution in [3.63, 3.8) is 0 Å². The summed E-state index contributed by atoms with van der Waals surface area (Å²) in [5.74, 6) is 1.12. The van der Waals surface area contributed by atoms with Crippen molar-refractivity contribution in [2.45, 2.75) is 6.92 Å². The van der Waals surface area contributed by atoms with E-state index in [2.05, 4.69) is 5.32 Å². The lowest BCUT2D eigenvalue weighted by Gasteiger charge is -2.02. The molecule has 1 heterocycles. The summed E-state index contributed by atoms with van der Waals surface area (Å²) in [6.07, 6.45) is 2.29. The number of imide groups is 1. The lowest BCUT2D eigenvalue weighted by atomic mass is 10.2. The molecule has 0 unspecified atom stereocenters. The third-order valence-corrected chi connectivity index (χ3v) is 4.17. The molecule has 0 atom stereocenters. The van der Waals surface area contributed by atoms with Crippen LogP contribution in [0.4, 0.5) is 4.79 Å². The first-order valence-electron chi connectivity index (χ1n) is 8.04. The number of aryl methyl sites for hydroxylation is 1. The fourth-order valence-electron chi connectivity index (χ4n) is 2.11. The summed E-state index contributed by atoms with van der Waals surface area (Å²) >= 11 is 0.871. The molecule has 6 nitrogen and oxygen atoms in total. The number of hydrogen-bond acceptors (Lipinski definition) is 6. The van der Waals surface area contributed by atoms with E-state index in [1.165, 1.54) is 5.56 Å². The van der Waals surface area contributed by atoms with Gasteiger partial charge in [0.25, 0.3) is 11.1 Å². The minimum Gasteiger partial charge on any atom is -0.497 e. The minimum atomic E-state index is -0.383. The normalized spacial score (nSPS) is 14.2. The van der Waals surface area contributed by atoms with Gasteiger partial charge in [-0.3, -0.25) is 19.7 Å². The van der Waals surface area contributed by atoms with Gasteiger partial charge in [0.15, 0.2) is 6.29 Å². The van der Waals surface area contributed by atoms with Crippen LogP contribution >= 0.6 is 11.8 Å². The van der Waals surface area contributed by atoms with Crippen LogP contribution in [0.2, 0.25) is 0 Å². The second-order valence-electron chi connectivity index (χ2n) is 5.42. The maximum Gasteiger partial charge on any atom is 0.290 e. The van der Waals surface area contributed by atoms with Crippen LogP contribution in [0.25, 0.3) is 6.08 Å². The Morgan fingerprint density at radius 3 is 2.33 bits per heavy atom. The van der Waals surface area contributed by atoms with Gasteiger partial charge in [-0.25, -0.2) is 0 Å². The summed E-state index contributed by atoms with van der Waals surface area (Å²) in [5.41, 5.74) is 2.01. The molecule has 0 radical (unpaired) electrons. The SMILES string of the molecule is COc1cccc(C)c1.O=CCOc1ccc(/C=C2\SC(=O)NC2=O)cc1. The Morgan fingerprint density at radius 2 is 1.81 bits per heavy atom. The number of aldehydes is 1. The first-order valence-corrected chi connectivity index (χ1v) is 8.85. The molecule has 2 aromatic rings. The summed E-state index contributed by atoms with van der Waals surface area (Å²) in [6.45, 7) is 2.05. The molecule has 0 saturated carbocycles. The van der Waals surface area contributed by atoms with E-state index < -0.39 is 0 Å². The first-order chi connectivity index (χ1) is 13.0. The molecule has 3 rings (SSSR count). The maximum absolute atomic E-state index is 11.3. The average molecular weight is 385 g/mol. The van der Waals surface area contributed by atoms with E-state index in [4.69, 9.17) is 9.47 Å². The lowest BCUT2D eigenvalue weighted by Crippen LogP contribution is -2.17. The number of ether oxygens (including phenoxy) is 2. The summed E-state index contributed by atoms with van der Waals surface area (Å²) < 4.78 is 10.1. The molecular formula is C20H19NO5S. The van der Waals surface area contributed by atoms with E-state index in [0.717, 1.165) is 23.1 Å². The third kappa shape index (κ3) is 6.63. The van der Waals surface area contributed by atoms with Crippen molar-refractivity contribution in [2.75, 3.05) is 13.7 Å². The largest absolute Gasteiger partial charge is 0.497 e. The molecule has 7 heteroatoms. The van der Waals surface area contributed by atoms with Crippen molar-refractivity contribution in [3.8, 4) is 11.5 Å². The Kier molecular flexibility index (Phi) is 7.63. The molecule has 140 valence electrons. The van der Waals surface area contributed by atoms with Gasteiger partial charge in [-0.2, -0.15) is 0 Å². The molecule has 0 bridgehead atoms. The van der Waals surface area contributed by atoms with Crippen molar-refractivity contribution >= 4 is 35.3 Å². The van der Waals surface area contributed by atoms with Crippen molar-refractivity contribution in [1.82, 2.24) is 5.32 Å². The second kappa shape index (κ2) is 10.2. The predicted octanol–water partition coefficient (Wildman–Crippen LogP) is 3.59. The van der Waals surface area contributed by atoms with Gasteiger partial charge in [0.2, 0.25) is 0 Å². The Labute approximate surface area is 161 Å². The van der Waals surface area contributed by atoms with Crippen LogP contribution in [0.3, 0.4) is 0 Å². The number of amides is 2. The molecule has 1 fully saturated rings. The van der Waals surface area contributed by atoms with Crippen molar-refractivity contribution in [2.24, 2.45) is 0 Å². The molecule has 1 N–H and O–H groups in total. The van der Waals surface area contributed by atoms with Gasteiger partial charge in [0.1, 0.15) is 18.1 Å². The quantitative estimate of drug-likeness (QED) is 0.626. The Balaban J connectivity index is 0.000000244. The van der Waals surface area contributed by atoms with Crippen LogP contribution in [-0.4, -0.2) is 31.1 Å². The summed E-state index contributed by atoms with van der Waals surface area (Å²) in [6, 6.07) is 14.8. The molecule has 2 aromatic carbocycles. The topological polar surface area (TPSA) is 81.7 Å². The molecule has 1 aliphatic rings. The molecule has 0 aliphatic carbocycles. The van der Waals surface area contributed by atoms with Crippen molar-refractivity contribution in [1.29, 1.82) is 0 Å². The number of rotatable bonds is 5. The van der Waals surface area contributed by atoms with Gasteiger partial charge in [-0.05, 0) is 60.2 Å². The molecule has 2 amide bonds. The molecule has 27 heavy (non-hydrogen) atoms. The highest BCUT2D eigenvalue weighted by atomic mass is 32.2. The number of methoxy groups -OCH3 is 1. The van der Waals surface area contributed by atoms with Gasteiger partial charge in [0.05, 0.1) is 12.0 Å². The smallest absolute Gasteiger partial charge is 0.290 e. The van der Waals surface area contributed by atoms with Crippen LogP contribution in [0.15, 0.2) is 53.4 Å². The molecule has 0 spiro atoms. The first kappa shape index (κ1) is 20.3. The monoisotopic (exact) mass is 385 g/mol. The maximum atomic E-state index is 11.3. The van der Waals surface area contributed by atoms with Crippen molar-refractivity contribution in [3.05, 3.63) is 64.6 Å². The van der Waals surface area contributed by atoms with E-state index in [-0.39, 0.29) is 17.8 Å². The summed E-state index contributed by atoms with van der Waals surface area (Å²) in [4.78, 5) is 32.8. The highest BCUT2D eigenvalue weighted by molar-refractivity contribution is 8.18. The van der Waals surface area contributed by atoms with E-state index in [9.17, 15) is 14.4 Å². The van der Waals surface area contributed by atoms with Gasteiger partial charge >= 0.3 is 0 Å². The van der Waals surface area contributed by atoms with Crippen molar-refractivity contribution < 1.29 is 23.9 Å². The number of benzene rings is 2. The van der Waals surface area contributed by atoms with E-state index in [0.29, 0.717) is 16.9 Å². The fourth-order valence-corrected chi connectivity index (χ4v) is 2.79. The predicted molar refractivity (Wildman–Crippen MR) is 105 cm³/mol. The molecule has 1 aliphatic heterocycles. The highest BCUT2D eigenvalue weighted by Crippen LogP contribution is 2.26. The zero-order valence-corrected chi connectivity index (χ0v) is 15.7. The third-order valence-electron chi connectivity index (χ3n) is 3.36. The number of thioether (sulfide) groups is 1. The van der Waals surface area contributed by atoms with Crippen LogP contribution < -0.4 is 14.8 Å². The van der Waals surface area contributed by atoms with Gasteiger partial charge in [-0.1, -0.05) is 24.3 Å². The van der Waals surface area contributed by atoms with Crippen LogP contribution in [0.5, 0.6) is 11.5 Å². The Morgan fingerprint density at radius 1 is 1.07 bits per heavy atom. The Bertz CT molecular complexity index is 846. The second-order valence-corrected chi connectivity index (χ2v) is 6.43. The van der Waals surface area contributed by atoms with Crippen LogP contribution in [0, 0.1) is 6.92 Å². The fraction of sp³-hybridized carbons (Fsp3) is 0.150. The number of nitrogens with one attached hydrogen (secondary N) is 1. The zero-order valence-electron chi connectivity index (χ0n) is 14.9. The highest BCUT2D eigenvalue weighted by Gasteiger charge is 2.24. The van der Waals surface area contributed by atoms with E-state index in [1.807, 2.05) is 31.2 Å². The summed E-state index contributed by atoms with van der Waals surface area (Å²) in [7, 11) is 1.68. The lowest BCUT2D eigenvalue weighted by molar-refractivity contribution is -0.115. The van der Waals surface area contributed by atoms with Gasteiger partial charge in [-0.15, -0.1) is 0 Å². The standard InChI is InChI=1S/C12H9NO4S.C8H10O/c14-5-6-17-9-3-1-8(2-4-9)7-10-11(15)13-12(16)18-10;1-7-4-3-5-8(6-7)9-2/h1-5,7H,6H2,(H,13,15,16);3-6H,1-2H3/b10-7-;. The van der Waals surface area contributed by atoms with Crippen LogP contribution in [0.1, 0.15) is 11.1 Å². The van der Waals surface area contributed by atoms with E-state index >= 15 is 0 Å². The summed E-state index contributed by atoms with van der Waals surface area (Å²) in [5, 5.41) is 1.82. The number of carbonyl (C=O) groups excluding carboxylic acids is 3. The number of carbonyl (C=O) groups is 3. The minimum absolute atomic E-state index is 0.00714. The Hall–Kier alpha value is -3.06. The van der Waals surface area contributed by atoms with Gasteiger partial charge < -0.3 is 9.47 Å².